The third-order valence-electron chi connectivity index (χ3n) is 5.71. The number of likely N-dealkylation sites (tertiary alicyclic amines) is 1. The molecule has 1 amide bonds. The Morgan fingerprint density at radius 1 is 1.14 bits per heavy atom. The van der Waals surface area contributed by atoms with Crippen molar-refractivity contribution in [1.29, 1.82) is 0 Å². The standard InChI is InChI=1S/C22H24BN3O3/c24-13-15-3-1-4-17(11-15)16-7-9-26(10-8-16)22(27)19-12-18-5-2-6-20(23(28)29)21(18)25-14-19/h1-6,11-12,14,16,28-29H,7-10,13,24H2. The van der Waals surface area contributed by atoms with Crippen LogP contribution in [-0.2, 0) is 6.54 Å². The van der Waals surface area contributed by atoms with Gasteiger partial charge < -0.3 is 20.7 Å². The van der Waals surface area contributed by atoms with Gasteiger partial charge in [-0.2, -0.15) is 0 Å². The average molecular weight is 389 g/mol. The Kier molecular flexibility index (Phi) is 5.62. The zero-order valence-corrected chi connectivity index (χ0v) is 16.2. The summed E-state index contributed by atoms with van der Waals surface area (Å²) in [6.07, 6.45) is 3.36. The Balaban J connectivity index is 1.48. The predicted octanol–water partition coefficient (Wildman–Crippen LogP) is 1.39. The van der Waals surface area contributed by atoms with E-state index < -0.39 is 7.12 Å². The lowest BCUT2D eigenvalue weighted by molar-refractivity contribution is 0.0712. The van der Waals surface area contributed by atoms with E-state index >= 15 is 0 Å². The topological polar surface area (TPSA) is 99.7 Å². The molecule has 4 rings (SSSR count). The van der Waals surface area contributed by atoms with Gasteiger partial charge in [0.1, 0.15) is 0 Å². The van der Waals surface area contributed by atoms with E-state index in [0.29, 0.717) is 42.1 Å². The molecule has 0 bridgehead atoms. The first-order valence-corrected chi connectivity index (χ1v) is 9.90. The highest BCUT2D eigenvalue weighted by molar-refractivity contribution is 6.61. The summed E-state index contributed by atoms with van der Waals surface area (Å²) in [6, 6.07) is 15.3. The lowest BCUT2D eigenvalue weighted by Crippen LogP contribution is -2.38. The molecule has 0 radical (unpaired) electrons. The monoisotopic (exact) mass is 389 g/mol. The number of rotatable bonds is 4. The van der Waals surface area contributed by atoms with E-state index in [1.54, 1.807) is 18.2 Å². The molecule has 1 fully saturated rings. The lowest BCUT2D eigenvalue weighted by Gasteiger charge is -2.32. The van der Waals surface area contributed by atoms with Crippen molar-refractivity contribution in [2.45, 2.75) is 25.3 Å². The molecular weight excluding hydrogens is 365 g/mol. The molecule has 29 heavy (non-hydrogen) atoms. The van der Waals surface area contributed by atoms with Gasteiger partial charge in [-0.05, 0) is 36.0 Å². The molecule has 1 saturated heterocycles. The second kappa shape index (κ2) is 8.33. The van der Waals surface area contributed by atoms with Gasteiger partial charge in [0.25, 0.3) is 5.91 Å². The Hall–Kier alpha value is -2.74. The van der Waals surface area contributed by atoms with Crippen molar-refractivity contribution in [3.8, 4) is 0 Å². The quantitative estimate of drug-likeness (QED) is 0.586. The van der Waals surface area contributed by atoms with Gasteiger partial charge >= 0.3 is 7.12 Å². The third-order valence-corrected chi connectivity index (χ3v) is 5.71. The van der Waals surface area contributed by atoms with Crippen LogP contribution in [0.2, 0.25) is 0 Å². The van der Waals surface area contributed by atoms with Gasteiger partial charge in [0.2, 0.25) is 0 Å². The van der Waals surface area contributed by atoms with Crippen LogP contribution in [0, 0.1) is 0 Å². The molecule has 148 valence electrons. The van der Waals surface area contributed by atoms with Crippen LogP contribution >= 0.6 is 0 Å². The molecule has 2 heterocycles. The van der Waals surface area contributed by atoms with E-state index in [0.717, 1.165) is 23.8 Å². The molecule has 0 saturated carbocycles. The fraction of sp³-hybridized carbons (Fsp3) is 0.273. The van der Waals surface area contributed by atoms with E-state index in [1.165, 1.54) is 11.8 Å². The molecule has 4 N–H and O–H groups in total. The van der Waals surface area contributed by atoms with Crippen molar-refractivity contribution in [1.82, 2.24) is 9.88 Å². The number of benzene rings is 2. The molecule has 1 aliphatic rings. The second-order valence-corrected chi connectivity index (χ2v) is 7.53. The highest BCUT2D eigenvalue weighted by Crippen LogP contribution is 2.29. The summed E-state index contributed by atoms with van der Waals surface area (Å²) < 4.78 is 0. The van der Waals surface area contributed by atoms with Crippen LogP contribution in [0.25, 0.3) is 10.9 Å². The summed E-state index contributed by atoms with van der Waals surface area (Å²) in [5.41, 5.74) is 9.53. The number of carbonyl (C=O) groups is 1. The van der Waals surface area contributed by atoms with Crippen LogP contribution in [0.4, 0.5) is 0 Å². The molecule has 0 atom stereocenters. The molecule has 0 aliphatic carbocycles. The van der Waals surface area contributed by atoms with E-state index in [2.05, 4.69) is 17.1 Å². The number of amides is 1. The zero-order chi connectivity index (χ0) is 20.4. The number of aromatic nitrogens is 1. The SMILES string of the molecule is NCc1cccc(C2CCN(C(=O)c3cnc4c(B(O)O)cccc4c3)CC2)c1. The molecule has 6 nitrogen and oxygen atoms in total. The van der Waals surface area contributed by atoms with Crippen LogP contribution in [0.1, 0.15) is 40.2 Å². The number of hydrogen-bond acceptors (Lipinski definition) is 5. The Labute approximate surface area is 170 Å². The highest BCUT2D eigenvalue weighted by atomic mass is 16.4. The molecule has 0 unspecified atom stereocenters. The van der Waals surface area contributed by atoms with Gasteiger partial charge in [0, 0.05) is 36.7 Å². The maximum Gasteiger partial charge on any atom is 0.490 e. The summed E-state index contributed by atoms with van der Waals surface area (Å²) in [5.74, 6) is 0.400. The molecular formula is C22H24BN3O3. The minimum atomic E-state index is -1.59. The summed E-state index contributed by atoms with van der Waals surface area (Å²) in [4.78, 5) is 19.2. The minimum Gasteiger partial charge on any atom is -0.423 e. The molecule has 0 spiro atoms. The lowest BCUT2D eigenvalue weighted by atomic mass is 9.79. The molecule has 3 aromatic rings. The Morgan fingerprint density at radius 2 is 1.90 bits per heavy atom. The molecule has 7 heteroatoms. The number of pyridine rings is 1. The normalized spacial score (nSPS) is 14.9. The van der Waals surface area contributed by atoms with Gasteiger partial charge in [-0.3, -0.25) is 9.78 Å². The average Bonchev–Trinajstić information content (AvgIpc) is 2.77. The first-order chi connectivity index (χ1) is 14.1. The maximum atomic E-state index is 13.0. The fourth-order valence-corrected chi connectivity index (χ4v) is 4.08. The van der Waals surface area contributed by atoms with Crippen LogP contribution in [-0.4, -0.2) is 46.0 Å². The van der Waals surface area contributed by atoms with Crippen LogP contribution < -0.4 is 11.2 Å². The van der Waals surface area contributed by atoms with Crippen molar-refractivity contribution in [3.05, 3.63) is 71.4 Å². The first-order valence-electron chi connectivity index (χ1n) is 9.90. The number of carbonyl (C=O) groups excluding carboxylic acids is 1. The summed E-state index contributed by atoms with van der Waals surface area (Å²) >= 11 is 0. The van der Waals surface area contributed by atoms with Gasteiger partial charge in [-0.1, -0.05) is 42.5 Å². The summed E-state index contributed by atoms with van der Waals surface area (Å²) in [6.45, 7) is 1.93. The zero-order valence-electron chi connectivity index (χ0n) is 16.2. The van der Waals surface area contributed by atoms with Crippen molar-refractivity contribution >= 4 is 29.4 Å². The number of fused-ring (bicyclic) bond motifs is 1. The number of nitrogens with two attached hydrogens (primary N) is 1. The van der Waals surface area contributed by atoms with E-state index in [-0.39, 0.29) is 5.91 Å². The van der Waals surface area contributed by atoms with Crippen molar-refractivity contribution < 1.29 is 14.8 Å². The molecule has 1 aromatic heterocycles. The molecule has 2 aromatic carbocycles. The van der Waals surface area contributed by atoms with E-state index in [4.69, 9.17) is 5.73 Å². The first kappa shape index (κ1) is 19.6. The maximum absolute atomic E-state index is 13.0. The number of piperidine rings is 1. The largest absolute Gasteiger partial charge is 0.490 e. The van der Waals surface area contributed by atoms with E-state index in [1.807, 2.05) is 23.1 Å². The number of nitrogens with zero attached hydrogens (tertiary/aromatic N) is 2. The summed E-state index contributed by atoms with van der Waals surface area (Å²) in [7, 11) is -1.59. The number of hydrogen-bond donors (Lipinski definition) is 3. The Bertz CT molecular complexity index is 1030. The minimum absolute atomic E-state index is 0.0384. The van der Waals surface area contributed by atoms with Crippen LogP contribution in [0.15, 0.2) is 54.7 Å². The molecule has 1 aliphatic heterocycles. The van der Waals surface area contributed by atoms with E-state index in [9.17, 15) is 14.8 Å². The van der Waals surface area contributed by atoms with Crippen molar-refractivity contribution in [2.24, 2.45) is 5.73 Å². The van der Waals surface area contributed by atoms with Gasteiger partial charge in [-0.15, -0.1) is 0 Å². The fourth-order valence-electron chi connectivity index (χ4n) is 4.08. The van der Waals surface area contributed by atoms with Crippen LogP contribution in [0.5, 0.6) is 0 Å². The van der Waals surface area contributed by atoms with Gasteiger partial charge in [-0.25, -0.2) is 0 Å². The van der Waals surface area contributed by atoms with Crippen LogP contribution in [0.3, 0.4) is 0 Å². The van der Waals surface area contributed by atoms with Crippen molar-refractivity contribution in [3.63, 3.8) is 0 Å². The predicted molar refractivity (Wildman–Crippen MR) is 114 cm³/mol. The smallest absolute Gasteiger partial charge is 0.423 e. The number of para-hydroxylation sites is 1. The van der Waals surface area contributed by atoms with Gasteiger partial charge in [0.15, 0.2) is 0 Å². The summed E-state index contributed by atoms with van der Waals surface area (Å²) in [5, 5.41) is 19.7. The highest BCUT2D eigenvalue weighted by Gasteiger charge is 2.25. The third kappa shape index (κ3) is 4.03. The second-order valence-electron chi connectivity index (χ2n) is 7.53. The van der Waals surface area contributed by atoms with Gasteiger partial charge in [0.05, 0.1) is 11.1 Å². The van der Waals surface area contributed by atoms with Crippen molar-refractivity contribution in [2.75, 3.05) is 13.1 Å². The Morgan fingerprint density at radius 3 is 2.62 bits per heavy atom.